The summed E-state index contributed by atoms with van der Waals surface area (Å²) >= 11 is 1.04. The van der Waals surface area contributed by atoms with Gasteiger partial charge in [0.15, 0.2) is 0 Å². The zero-order valence-corrected chi connectivity index (χ0v) is 13.3. The van der Waals surface area contributed by atoms with Crippen LogP contribution in [0.15, 0.2) is 17.0 Å². The molecule has 0 amide bonds. The van der Waals surface area contributed by atoms with E-state index < -0.39 is 32.3 Å². The zero-order valence-electron chi connectivity index (χ0n) is 11.6. The third-order valence-corrected chi connectivity index (χ3v) is 5.23. The van der Waals surface area contributed by atoms with Crippen LogP contribution >= 0.6 is 11.5 Å². The second kappa shape index (κ2) is 6.07. The molecule has 7 nitrogen and oxygen atoms in total. The molecule has 0 bridgehead atoms. The Bertz CT molecular complexity index is 833. The van der Waals surface area contributed by atoms with Crippen molar-refractivity contribution in [2.75, 3.05) is 0 Å². The summed E-state index contributed by atoms with van der Waals surface area (Å²) in [6.45, 7) is 2.90. The average molecular weight is 345 g/mol. The van der Waals surface area contributed by atoms with E-state index in [4.69, 9.17) is 5.11 Å². The molecule has 1 heterocycles. The molecule has 10 heteroatoms. The summed E-state index contributed by atoms with van der Waals surface area (Å²) in [5.41, 5.74) is 0.0824. The molecule has 0 aliphatic rings. The maximum absolute atomic E-state index is 13.7. The van der Waals surface area contributed by atoms with Crippen molar-refractivity contribution in [2.45, 2.75) is 25.3 Å². The lowest BCUT2D eigenvalue weighted by Crippen LogP contribution is -2.24. The van der Waals surface area contributed by atoms with E-state index in [1.165, 1.54) is 6.92 Å². The van der Waals surface area contributed by atoms with Gasteiger partial charge in [0, 0.05) is 6.54 Å². The largest absolute Gasteiger partial charge is 0.478 e. The Labute approximate surface area is 130 Å². The molecular formula is C12H12FN3O4S2. The fraction of sp³-hybridized carbons (Fsp3) is 0.250. The molecule has 0 radical (unpaired) electrons. The zero-order chi connectivity index (χ0) is 16.5. The van der Waals surface area contributed by atoms with Gasteiger partial charge in [-0.15, -0.1) is 5.10 Å². The quantitative estimate of drug-likeness (QED) is 0.849. The fourth-order valence-corrected chi connectivity index (χ4v) is 3.38. The number of halogens is 1. The first kappa shape index (κ1) is 16.5. The summed E-state index contributed by atoms with van der Waals surface area (Å²) in [6, 6.07) is 1.72. The highest BCUT2D eigenvalue weighted by molar-refractivity contribution is 7.89. The topological polar surface area (TPSA) is 109 Å². The smallest absolute Gasteiger partial charge is 0.336 e. The highest BCUT2D eigenvalue weighted by atomic mass is 32.2. The summed E-state index contributed by atoms with van der Waals surface area (Å²) < 4.78 is 44.0. The lowest BCUT2D eigenvalue weighted by atomic mass is 10.1. The molecule has 2 aromatic rings. The molecule has 0 saturated carbocycles. The predicted octanol–water partition coefficient (Wildman–Crippen LogP) is 1.47. The molecule has 0 saturated heterocycles. The first-order chi connectivity index (χ1) is 10.2. The summed E-state index contributed by atoms with van der Waals surface area (Å²) in [4.78, 5) is 11.2. The number of nitrogens with one attached hydrogen (secondary N) is 1. The minimum Gasteiger partial charge on any atom is -0.478 e. The van der Waals surface area contributed by atoms with Crippen LogP contribution in [0.5, 0.6) is 0 Å². The van der Waals surface area contributed by atoms with Crippen molar-refractivity contribution in [1.82, 2.24) is 14.3 Å². The SMILES string of the molecule is Cc1nnsc1CNS(=O)(=O)c1cc(F)c(C)c(C(=O)O)c1. The van der Waals surface area contributed by atoms with Crippen LogP contribution in [0, 0.1) is 19.7 Å². The van der Waals surface area contributed by atoms with Gasteiger partial charge in [-0.25, -0.2) is 22.3 Å². The number of aromatic carboxylic acids is 1. The number of nitrogens with zero attached hydrogens (tertiary/aromatic N) is 2. The third-order valence-electron chi connectivity index (χ3n) is 3.03. The number of carboxylic acid groups (broad SMARTS) is 1. The minimum absolute atomic E-state index is 0.0519. The molecular weight excluding hydrogens is 333 g/mol. The number of benzene rings is 1. The molecule has 0 spiro atoms. The first-order valence-corrected chi connectivity index (χ1v) is 8.29. The number of rotatable bonds is 5. The van der Waals surface area contributed by atoms with Gasteiger partial charge >= 0.3 is 5.97 Å². The van der Waals surface area contributed by atoms with Crippen LogP contribution in [0.3, 0.4) is 0 Å². The van der Waals surface area contributed by atoms with Gasteiger partial charge in [-0.1, -0.05) is 4.49 Å². The minimum atomic E-state index is -4.05. The van der Waals surface area contributed by atoms with Crippen LogP contribution < -0.4 is 4.72 Å². The average Bonchev–Trinajstić information content (AvgIpc) is 2.84. The lowest BCUT2D eigenvalue weighted by Gasteiger charge is -2.09. The van der Waals surface area contributed by atoms with Gasteiger partial charge in [-0.3, -0.25) is 0 Å². The van der Waals surface area contributed by atoms with Gasteiger partial charge in [0.1, 0.15) is 5.82 Å². The summed E-state index contributed by atoms with van der Waals surface area (Å²) in [6.07, 6.45) is 0. The van der Waals surface area contributed by atoms with Crippen LogP contribution in [-0.2, 0) is 16.6 Å². The highest BCUT2D eigenvalue weighted by Gasteiger charge is 2.21. The molecule has 1 aromatic carbocycles. The van der Waals surface area contributed by atoms with Gasteiger partial charge in [0.2, 0.25) is 10.0 Å². The molecule has 0 aliphatic carbocycles. The highest BCUT2D eigenvalue weighted by Crippen LogP contribution is 2.20. The summed E-state index contributed by atoms with van der Waals surface area (Å²) in [7, 11) is -4.05. The monoisotopic (exact) mass is 345 g/mol. The van der Waals surface area contributed by atoms with Crippen LogP contribution in [0.4, 0.5) is 4.39 Å². The van der Waals surface area contributed by atoms with Crippen molar-refractivity contribution in [3.8, 4) is 0 Å². The normalized spacial score (nSPS) is 11.6. The van der Waals surface area contributed by atoms with Crippen molar-refractivity contribution < 1.29 is 22.7 Å². The van der Waals surface area contributed by atoms with Crippen LogP contribution in [0.2, 0.25) is 0 Å². The van der Waals surface area contributed by atoms with Crippen molar-refractivity contribution in [3.05, 3.63) is 39.6 Å². The summed E-state index contributed by atoms with van der Waals surface area (Å²) in [5, 5.41) is 12.7. The van der Waals surface area contributed by atoms with E-state index in [-0.39, 0.29) is 12.1 Å². The Hall–Kier alpha value is -1.91. The maximum Gasteiger partial charge on any atom is 0.336 e. The third kappa shape index (κ3) is 3.29. The number of carbonyl (C=O) groups is 1. The Morgan fingerprint density at radius 1 is 1.41 bits per heavy atom. The van der Waals surface area contributed by atoms with E-state index in [1.807, 2.05) is 0 Å². The number of aryl methyl sites for hydroxylation is 1. The fourth-order valence-electron chi connectivity index (χ4n) is 1.69. The number of hydrogen-bond acceptors (Lipinski definition) is 6. The van der Waals surface area contributed by atoms with Crippen LogP contribution in [0.25, 0.3) is 0 Å². The van der Waals surface area contributed by atoms with E-state index in [0.29, 0.717) is 10.6 Å². The van der Waals surface area contributed by atoms with Crippen LogP contribution in [0.1, 0.15) is 26.5 Å². The van der Waals surface area contributed by atoms with Crippen molar-refractivity contribution in [2.24, 2.45) is 0 Å². The molecule has 2 rings (SSSR count). The van der Waals surface area contributed by atoms with Crippen molar-refractivity contribution in [3.63, 3.8) is 0 Å². The predicted molar refractivity (Wildman–Crippen MR) is 76.8 cm³/mol. The second-order valence-corrected chi connectivity index (χ2v) is 7.09. The number of sulfonamides is 1. The summed E-state index contributed by atoms with van der Waals surface area (Å²) in [5.74, 6) is -2.29. The van der Waals surface area contributed by atoms with E-state index in [0.717, 1.165) is 23.7 Å². The molecule has 2 N–H and O–H groups in total. The molecule has 0 fully saturated rings. The van der Waals surface area contributed by atoms with E-state index in [9.17, 15) is 17.6 Å². The number of aromatic nitrogens is 2. The van der Waals surface area contributed by atoms with Crippen LogP contribution in [-0.4, -0.2) is 29.1 Å². The number of hydrogen-bond donors (Lipinski definition) is 2. The number of carboxylic acids is 1. The Kier molecular flexibility index (Phi) is 4.54. The van der Waals surface area contributed by atoms with E-state index in [1.54, 1.807) is 6.92 Å². The Morgan fingerprint density at radius 3 is 2.64 bits per heavy atom. The first-order valence-electron chi connectivity index (χ1n) is 6.03. The van der Waals surface area contributed by atoms with Crippen molar-refractivity contribution in [1.29, 1.82) is 0 Å². The van der Waals surface area contributed by atoms with Gasteiger partial charge < -0.3 is 5.11 Å². The van der Waals surface area contributed by atoms with Gasteiger partial charge in [-0.2, -0.15) is 0 Å². The van der Waals surface area contributed by atoms with Crippen molar-refractivity contribution >= 4 is 27.5 Å². The van der Waals surface area contributed by atoms with Gasteiger partial charge in [0.25, 0.3) is 0 Å². The van der Waals surface area contributed by atoms with E-state index >= 15 is 0 Å². The molecule has 22 heavy (non-hydrogen) atoms. The van der Waals surface area contributed by atoms with Gasteiger partial charge in [0.05, 0.1) is 21.0 Å². The standard InChI is InChI=1S/C12H12FN3O4S2/c1-6-9(12(17)18)3-8(4-10(6)13)22(19,20)14-5-11-7(2)15-16-21-11/h3-4,14H,5H2,1-2H3,(H,17,18). The molecule has 118 valence electrons. The molecule has 0 aliphatic heterocycles. The second-order valence-electron chi connectivity index (χ2n) is 4.49. The Morgan fingerprint density at radius 2 is 2.09 bits per heavy atom. The molecule has 0 atom stereocenters. The van der Waals surface area contributed by atoms with Gasteiger partial charge in [-0.05, 0) is 43.1 Å². The molecule has 1 aromatic heterocycles. The van der Waals surface area contributed by atoms with E-state index in [2.05, 4.69) is 14.3 Å². The lowest BCUT2D eigenvalue weighted by molar-refractivity contribution is 0.0695. The Balaban J connectivity index is 2.33. The maximum atomic E-state index is 13.7. The molecule has 0 unspecified atom stereocenters.